The van der Waals surface area contributed by atoms with Gasteiger partial charge in [0.1, 0.15) is 12.2 Å². The zero-order chi connectivity index (χ0) is 24.6. The van der Waals surface area contributed by atoms with E-state index in [9.17, 15) is 14.7 Å². The Morgan fingerprint density at radius 1 is 1.12 bits per heavy atom. The number of methoxy groups -OCH3 is 2. The molecule has 0 saturated heterocycles. The minimum atomic E-state index is -1.16. The number of fused-ring (bicyclic) bond motifs is 1. The highest BCUT2D eigenvalue weighted by atomic mass is 16.6. The summed E-state index contributed by atoms with van der Waals surface area (Å²) >= 11 is 0. The molecule has 1 aromatic carbocycles. The van der Waals surface area contributed by atoms with Crippen LogP contribution in [0.2, 0.25) is 0 Å². The van der Waals surface area contributed by atoms with Crippen molar-refractivity contribution >= 4 is 11.9 Å². The number of allylic oxidation sites excluding steroid dienone is 1. The maximum atomic E-state index is 13.2. The highest BCUT2D eigenvalue weighted by Gasteiger charge is 2.65. The summed E-state index contributed by atoms with van der Waals surface area (Å²) in [7, 11) is 3.04. The standard InChI is InChI=1S/C26H36O7/c1-15(2)26(29)14-22(32-17(4)27)25(5)11-10-16(3)12-21(23(25)26)33-24(28)18-8-9-19(30-6)20(13-18)31-7/h8-10,13,15,21-23,29H,11-12,14H2,1-7H3/t21-,22-,23+,25-,26+/m0/s1. The summed E-state index contributed by atoms with van der Waals surface area (Å²) in [5, 5.41) is 11.9. The van der Waals surface area contributed by atoms with Gasteiger partial charge in [0.05, 0.1) is 25.4 Å². The van der Waals surface area contributed by atoms with Gasteiger partial charge in [-0.15, -0.1) is 0 Å². The van der Waals surface area contributed by atoms with Crippen LogP contribution < -0.4 is 9.47 Å². The third kappa shape index (κ3) is 4.60. The second-order valence-electron chi connectivity index (χ2n) is 9.90. The number of carbonyl (C=O) groups is 2. The van der Waals surface area contributed by atoms with Gasteiger partial charge in [0, 0.05) is 31.1 Å². The molecule has 7 nitrogen and oxygen atoms in total. The smallest absolute Gasteiger partial charge is 0.338 e. The minimum Gasteiger partial charge on any atom is -0.493 e. The van der Waals surface area contributed by atoms with Gasteiger partial charge < -0.3 is 24.1 Å². The zero-order valence-corrected chi connectivity index (χ0v) is 20.6. The van der Waals surface area contributed by atoms with Gasteiger partial charge in [0.25, 0.3) is 0 Å². The van der Waals surface area contributed by atoms with Gasteiger partial charge in [0.15, 0.2) is 11.5 Å². The Kier molecular flexibility index (Phi) is 7.13. The van der Waals surface area contributed by atoms with Crippen LogP contribution >= 0.6 is 0 Å². The van der Waals surface area contributed by atoms with Crippen LogP contribution in [0.3, 0.4) is 0 Å². The van der Waals surface area contributed by atoms with Crippen molar-refractivity contribution in [2.45, 2.75) is 71.7 Å². The van der Waals surface area contributed by atoms with Crippen molar-refractivity contribution in [3.63, 3.8) is 0 Å². The van der Waals surface area contributed by atoms with Gasteiger partial charge in [-0.1, -0.05) is 32.4 Å². The van der Waals surface area contributed by atoms with Crippen molar-refractivity contribution in [3.05, 3.63) is 35.4 Å². The first-order chi connectivity index (χ1) is 15.5. The molecule has 1 fully saturated rings. The van der Waals surface area contributed by atoms with E-state index in [1.165, 1.54) is 21.1 Å². The Bertz CT molecular complexity index is 937. The van der Waals surface area contributed by atoms with Gasteiger partial charge in [-0.2, -0.15) is 0 Å². The molecule has 3 rings (SSSR count). The maximum Gasteiger partial charge on any atom is 0.338 e. The van der Waals surface area contributed by atoms with Crippen LogP contribution in [0.25, 0.3) is 0 Å². The molecule has 33 heavy (non-hydrogen) atoms. The molecule has 1 N–H and O–H groups in total. The Morgan fingerprint density at radius 2 is 1.79 bits per heavy atom. The Balaban J connectivity index is 2.00. The number of rotatable bonds is 6. The Labute approximate surface area is 196 Å². The fourth-order valence-corrected chi connectivity index (χ4v) is 5.60. The monoisotopic (exact) mass is 460 g/mol. The van der Waals surface area contributed by atoms with E-state index in [4.69, 9.17) is 18.9 Å². The van der Waals surface area contributed by atoms with Crippen molar-refractivity contribution in [1.29, 1.82) is 0 Å². The normalized spacial score (nSPS) is 31.3. The maximum absolute atomic E-state index is 13.2. The fourth-order valence-electron chi connectivity index (χ4n) is 5.60. The number of hydrogen-bond acceptors (Lipinski definition) is 7. The first-order valence-electron chi connectivity index (χ1n) is 11.4. The van der Waals surface area contributed by atoms with E-state index >= 15 is 0 Å². The molecule has 0 radical (unpaired) electrons. The first kappa shape index (κ1) is 25.1. The molecular weight excluding hydrogens is 424 g/mol. The first-order valence-corrected chi connectivity index (χ1v) is 11.4. The molecule has 0 amide bonds. The second-order valence-corrected chi connectivity index (χ2v) is 9.90. The van der Waals surface area contributed by atoms with Gasteiger partial charge in [-0.05, 0) is 37.5 Å². The topological polar surface area (TPSA) is 91.3 Å². The highest BCUT2D eigenvalue weighted by Crippen LogP contribution is 2.59. The number of ether oxygens (including phenoxy) is 4. The van der Waals surface area contributed by atoms with E-state index in [1.54, 1.807) is 18.2 Å². The van der Waals surface area contributed by atoms with Gasteiger partial charge in [0.2, 0.25) is 0 Å². The zero-order valence-electron chi connectivity index (χ0n) is 20.6. The summed E-state index contributed by atoms with van der Waals surface area (Å²) in [4.78, 5) is 25.1. The van der Waals surface area contributed by atoms with Crippen LogP contribution in [-0.2, 0) is 14.3 Å². The van der Waals surface area contributed by atoms with E-state index in [0.717, 1.165) is 5.57 Å². The third-order valence-electron chi connectivity index (χ3n) is 7.47. The van der Waals surface area contributed by atoms with Crippen molar-refractivity contribution in [2.75, 3.05) is 14.2 Å². The molecule has 1 saturated carbocycles. The van der Waals surface area contributed by atoms with E-state index in [-0.39, 0.29) is 11.9 Å². The van der Waals surface area contributed by atoms with Crippen LogP contribution in [0.1, 0.15) is 64.2 Å². The second kappa shape index (κ2) is 9.37. The summed E-state index contributed by atoms with van der Waals surface area (Å²) in [6.45, 7) is 9.32. The minimum absolute atomic E-state index is 0.122. The summed E-state index contributed by atoms with van der Waals surface area (Å²) in [6, 6.07) is 4.88. The van der Waals surface area contributed by atoms with E-state index in [2.05, 4.69) is 6.08 Å². The quantitative estimate of drug-likeness (QED) is 0.499. The molecular formula is C26H36O7. The predicted octanol–water partition coefficient (Wildman–Crippen LogP) is 4.31. The highest BCUT2D eigenvalue weighted by molar-refractivity contribution is 5.90. The molecule has 0 aliphatic heterocycles. The van der Waals surface area contributed by atoms with Gasteiger partial charge in [-0.25, -0.2) is 4.79 Å². The van der Waals surface area contributed by atoms with E-state index in [0.29, 0.717) is 36.3 Å². The number of hydrogen-bond donors (Lipinski definition) is 1. The average molecular weight is 461 g/mol. The van der Waals surface area contributed by atoms with Crippen LogP contribution in [0, 0.1) is 17.3 Å². The molecule has 0 spiro atoms. The Hall–Kier alpha value is -2.54. The van der Waals surface area contributed by atoms with E-state index < -0.39 is 35.1 Å². The molecule has 2 aliphatic rings. The van der Waals surface area contributed by atoms with Crippen molar-refractivity contribution in [3.8, 4) is 11.5 Å². The molecule has 182 valence electrons. The molecule has 7 heteroatoms. The SMILES string of the molecule is COc1ccc(C(=O)O[C@H]2CC(C)=CC[C@@]3(C)[C@@H](OC(C)=O)C[C@@](O)(C(C)C)[C@H]23)cc1OC. The lowest BCUT2D eigenvalue weighted by molar-refractivity contribution is -0.153. The number of carbonyl (C=O) groups excluding carboxylic acids is 2. The lowest BCUT2D eigenvalue weighted by Crippen LogP contribution is -2.50. The number of esters is 2. The molecule has 2 aliphatic carbocycles. The summed E-state index contributed by atoms with van der Waals surface area (Å²) in [5.41, 5.74) is -0.327. The van der Waals surface area contributed by atoms with E-state index in [1.807, 2.05) is 27.7 Å². The molecule has 0 bridgehead atoms. The molecule has 0 unspecified atom stereocenters. The lowest BCUT2D eigenvalue weighted by atomic mass is 9.67. The summed E-state index contributed by atoms with van der Waals surface area (Å²) < 4.78 is 22.4. The molecule has 0 aromatic heterocycles. The largest absolute Gasteiger partial charge is 0.493 e. The predicted molar refractivity (Wildman–Crippen MR) is 123 cm³/mol. The molecule has 5 atom stereocenters. The van der Waals surface area contributed by atoms with Crippen LogP contribution in [-0.4, -0.2) is 49.1 Å². The lowest BCUT2D eigenvalue weighted by Gasteiger charge is -2.43. The number of benzene rings is 1. The van der Waals surface area contributed by atoms with Crippen LogP contribution in [0.5, 0.6) is 11.5 Å². The van der Waals surface area contributed by atoms with Crippen LogP contribution in [0.4, 0.5) is 0 Å². The average Bonchev–Trinajstić information content (AvgIpc) is 2.88. The van der Waals surface area contributed by atoms with Crippen LogP contribution in [0.15, 0.2) is 29.8 Å². The van der Waals surface area contributed by atoms with Gasteiger partial charge >= 0.3 is 11.9 Å². The third-order valence-corrected chi connectivity index (χ3v) is 7.47. The van der Waals surface area contributed by atoms with Crippen molar-refractivity contribution in [2.24, 2.45) is 17.3 Å². The number of aliphatic hydroxyl groups is 1. The fraction of sp³-hybridized carbons (Fsp3) is 0.615. The summed E-state index contributed by atoms with van der Waals surface area (Å²) in [5.74, 6) is -0.459. The van der Waals surface area contributed by atoms with Gasteiger partial charge in [-0.3, -0.25) is 4.79 Å². The van der Waals surface area contributed by atoms with Crippen molar-refractivity contribution < 1.29 is 33.6 Å². The molecule has 1 aromatic rings. The van der Waals surface area contributed by atoms with Crippen molar-refractivity contribution in [1.82, 2.24) is 0 Å². The summed E-state index contributed by atoms with van der Waals surface area (Å²) in [6.07, 6.45) is 2.49. The Morgan fingerprint density at radius 3 is 2.36 bits per heavy atom. The molecule has 0 heterocycles.